The molecule has 0 spiro atoms. The SMILES string of the molecule is COc1ccc(C(C)(C)C)cc1[C@@H](O)[C@H](C)N. The molecule has 0 heterocycles. The van der Waals surface area contributed by atoms with Crippen LogP contribution in [0.15, 0.2) is 18.2 Å². The average Bonchev–Trinajstić information content (AvgIpc) is 2.25. The van der Waals surface area contributed by atoms with Crippen LogP contribution in [0.3, 0.4) is 0 Å². The van der Waals surface area contributed by atoms with Crippen LogP contribution in [0, 0.1) is 0 Å². The van der Waals surface area contributed by atoms with Gasteiger partial charge in [0.1, 0.15) is 5.75 Å². The Morgan fingerprint density at radius 2 is 1.88 bits per heavy atom. The predicted molar refractivity (Wildman–Crippen MR) is 70.3 cm³/mol. The number of methoxy groups -OCH3 is 1. The van der Waals surface area contributed by atoms with Crippen molar-refractivity contribution in [2.75, 3.05) is 7.11 Å². The minimum absolute atomic E-state index is 0.0403. The lowest BCUT2D eigenvalue weighted by Gasteiger charge is -2.24. The van der Waals surface area contributed by atoms with Crippen LogP contribution in [0.4, 0.5) is 0 Å². The summed E-state index contributed by atoms with van der Waals surface area (Å²) in [6, 6.07) is 5.57. The Balaban J connectivity index is 3.25. The third kappa shape index (κ3) is 3.20. The Bertz CT molecular complexity index is 380. The molecule has 1 rings (SSSR count). The summed E-state index contributed by atoms with van der Waals surface area (Å²) in [5, 5.41) is 10.1. The van der Waals surface area contributed by atoms with E-state index in [-0.39, 0.29) is 11.5 Å². The van der Waals surface area contributed by atoms with E-state index in [2.05, 4.69) is 20.8 Å². The highest BCUT2D eigenvalue weighted by atomic mass is 16.5. The maximum Gasteiger partial charge on any atom is 0.124 e. The number of aliphatic hydroxyl groups excluding tert-OH is 1. The molecule has 3 nitrogen and oxygen atoms in total. The van der Waals surface area contributed by atoms with Gasteiger partial charge in [0.05, 0.1) is 13.2 Å². The van der Waals surface area contributed by atoms with Crippen molar-refractivity contribution in [1.82, 2.24) is 0 Å². The van der Waals surface area contributed by atoms with Gasteiger partial charge < -0.3 is 15.6 Å². The van der Waals surface area contributed by atoms with Crippen molar-refractivity contribution in [2.45, 2.75) is 45.3 Å². The van der Waals surface area contributed by atoms with Gasteiger partial charge in [0, 0.05) is 11.6 Å². The molecule has 0 aliphatic carbocycles. The molecule has 0 saturated carbocycles. The third-order valence-corrected chi connectivity index (χ3v) is 2.91. The summed E-state index contributed by atoms with van der Waals surface area (Å²) in [5.74, 6) is 0.683. The van der Waals surface area contributed by atoms with Crippen LogP contribution in [0.25, 0.3) is 0 Å². The van der Waals surface area contributed by atoms with E-state index in [9.17, 15) is 5.11 Å². The standard InChI is InChI=1S/C14H23NO2/c1-9(15)13(16)11-8-10(14(2,3)4)6-7-12(11)17-5/h6-9,13,16H,15H2,1-5H3/t9-,13-/m0/s1. The van der Waals surface area contributed by atoms with Gasteiger partial charge in [-0.05, 0) is 30.0 Å². The van der Waals surface area contributed by atoms with Crippen molar-refractivity contribution < 1.29 is 9.84 Å². The number of hydrogen-bond acceptors (Lipinski definition) is 3. The van der Waals surface area contributed by atoms with Gasteiger partial charge in [0.2, 0.25) is 0 Å². The first-order valence-corrected chi connectivity index (χ1v) is 5.89. The van der Waals surface area contributed by atoms with Crippen LogP contribution < -0.4 is 10.5 Å². The van der Waals surface area contributed by atoms with Gasteiger partial charge in [-0.15, -0.1) is 0 Å². The average molecular weight is 237 g/mol. The highest BCUT2D eigenvalue weighted by Gasteiger charge is 2.21. The normalized spacial score (nSPS) is 15.5. The van der Waals surface area contributed by atoms with Crippen LogP contribution in [0.1, 0.15) is 44.9 Å². The molecule has 0 aliphatic heterocycles. The molecule has 0 saturated heterocycles. The lowest BCUT2D eigenvalue weighted by Crippen LogP contribution is -2.25. The fourth-order valence-corrected chi connectivity index (χ4v) is 1.72. The molecule has 3 N–H and O–H groups in total. The number of benzene rings is 1. The van der Waals surface area contributed by atoms with Gasteiger partial charge >= 0.3 is 0 Å². The van der Waals surface area contributed by atoms with Gasteiger partial charge in [-0.2, -0.15) is 0 Å². The number of rotatable bonds is 3. The van der Waals surface area contributed by atoms with Crippen molar-refractivity contribution in [3.05, 3.63) is 29.3 Å². The molecule has 17 heavy (non-hydrogen) atoms. The second-order valence-electron chi connectivity index (χ2n) is 5.51. The largest absolute Gasteiger partial charge is 0.496 e. The maximum absolute atomic E-state index is 10.1. The zero-order valence-corrected chi connectivity index (χ0v) is 11.3. The second-order valence-corrected chi connectivity index (χ2v) is 5.51. The molecule has 0 aliphatic rings. The van der Waals surface area contributed by atoms with Crippen LogP contribution in [-0.4, -0.2) is 18.3 Å². The first-order chi connectivity index (χ1) is 7.77. The van der Waals surface area contributed by atoms with E-state index in [1.54, 1.807) is 14.0 Å². The lowest BCUT2D eigenvalue weighted by atomic mass is 9.85. The molecule has 0 amide bonds. The Morgan fingerprint density at radius 1 is 1.29 bits per heavy atom. The quantitative estimate of drug-likeness (QED) is 0.848. The summed E-state index contributed by atoms with van der Waals surface area (Å²) in [4.78, 5) is 0. The number of ether oxygens (including phenoxy) is 1. The molecule has 96 valence electrons. The van der Waals surface area contributed by atoms with Crippen LogP contribution in [0.2, 0.25) is 0 Å². The zero-order chi connectivity index (χ0) is 13.2. The van der Waals surface area contributed by atoms with Gasteiger partial charge in [0.15, 0.2) is 0 Å². The van der Waals surface area contributed by atoms with Crippen molar-refractivity contribution >= 4 is 0 Å². The first kappa shape index (κ1) is 14.0. The summed E-state index contributed by atoms with van der Waals surface area (Å²) < 4.78 is 5.27. The van der Waals surface area contributed by atoms with E-state index in [0.29, 0.717) is 5.75 Å². The summed E-state index contributed by atoms with van der Waals surface area (Å²) in [6.07, 6.45) is -0.702. The second kappa shape index (κ2) is 5.07. The molecule has 3 heteroatoms. The Kier molecular flexibility index (Phi) is 4.17. The first-order valence-electron chi connectivity index (χ1n) is 5.89. The fourth-order valence-electron chi connectivity index (χ4n) is 1.72. The highest BCUT2D eigenvalue weighted by Crippen LogP contribution is 2.32. The minimum Gasteiger partial charge on any atom is -0.496 e. The molecule has 0 fully saturated rings. The highest BCUT2D eigenvalue weighted by molar-refractivity contribution is 5.41. The molecule has 1 aromatic rings. The molecule has 2 atom stereocenters. The van der Waals surface area contributed by atoms with Gasteiger partial charge in [-0.1, -0.05) is 26.8 Å². The van der Waals surface area contributed by atoms with Gasteiger partial charge in [-0.25, -0.2) is 0 Å². The minimum atomic E-state index is -0.702. The lowest BCUT2D eigenvalue weighted by molar-refractivity contribution is 0.149. The molecule has 1 aromatic carbocycles. The monoisotopic (exact) mass is 237 g/mol. The Labute approximate surface area is 104 Å². The molecular formula is C14H23NO2. The zero-order valence-electron chi connectivity index (χ0n) is 11.3. The molecule has 0 unspecified atom stereocenters. The van der Waals surface area contributed by atoms with E-state index in [4.69, 9.17) is 10.5 Å². The molecular weight excluding hydrogens is 214 g/mol. The van der Waals surface area contributed by atoms with E-state index >= 15 is 0 Å². The van der Waals surface area contributed by atoms with E-state index in [1.165, 1.54) is 0 Å². The van der Waals surface area contributed by atoms with Crippen molar-refractivity contribution in [3.8, 4) is 5.75 Å². The van der Waals surface area contributed by atoms with Crippen molar-refractivity contribution in [3.63, 3.8) is 0 Å². The molecule has 0 radical (unpaired) electrons. The van der Waals surface area contributed by atoms with Gasteiger partial charge in [-0.3, -0.25) is 0 Å². The number of hydrogen-bond donors (Lipinski definition) is 2. The summed E-state index contributed by atoms with van der Waals surface area (Å²) in [7, 11) is 1.60. The number of nitrogens with two attached hydrogens (primary N) is 1. The van der Waals surface area contributed by atoms with E-state index in [1.807, 2.05) is 18.2 Å². The predicted octanol–water partition coefficient (Wildman–Crippen LogP) is 2.37. The van der Waals surface area contributed by atoms with E-state index in [0.717, 1.165) is 11.1 Å². The Hall–Kier alpha value is -1.06. The fraction of sp³-hybridized carbons (Fsp3) is 0.571. The van der Waals surface area contributed by atoms with Crippen molar-refractivity contribution in [1.29, 1.82) is 0 Å². The Morgan fingerprint density at radius 3 is 2.29 bits per heavy atom. The molecule has 0 bridgehead atoms. The topological polar surface area (TPSA) is 55.5 Å². The van der Waals surface area contributed by atoms with Crippen LogP contribution in [0.5, 0.6) is 5.75 Å². The summed E-state index contributed by atoms with van der Waals surface area (Å²) in [6.45, 7) is 8.19. The number of aliphatic hydroxyl groups is 1. The maximum atomic E-state index is 10.1. The third-order valence-electron chi connectivity index (χ3n) is 2.91. The summed E-state index contributed by atoms with van der Waals surface area (Å²) >= 11 is 0. The summed E-state index contributed by atoms with van der Waals surface area (Å²) in [5.41, 5.74) is 7.70. The van der Waals surface area contributed by atoms with Crippen LogP contribution >= 0.6 is 0 Å². The smallest absolute Gasteiger partial charge is 0.124 e. The van der Waals surface area contributed by atoms with Gasteiger partial charge in [0.25, 0.3) is 0 Å². The van der Waals surface area contributed by atoms with Crippen LogP contribution in [-0.2, 0) is 5.41 Å². The van der Waals surface area contributed by atoms with Crippen molar-refractivity contribution in [2.24, 2.45) is 5.73 Å². The molecule has 0 aromatic heterocycles. The van der Waals surface area contributed by atoms with E-state index < -0.39 is 6.10 Å².